The van der Waals surface area contributed by atoms with Gasteiger partial charge in [0.1, 0.15) is 5.76 Å². The molecule has 0 fully saturated rings. The molecule has 0 aliphatic rings. The SMILES string of the molecule is C=C/C(=C(\N=C(C)C)OCCC(C)/C(C)=C/C=C(\C=C)OC)c1ccn(CCOC)c(=O)c1. The Morgan fingerprint density at radius 2 is 1.88 bits per heavy atom. The largest absolute Gasteiger partial charge is 0.497 e. The van der Waals surface area contributed by atoms with Gasteiger partial charge in [0.05, 0.1) is 20.3 Å². The van der Waals surface area contributed by atoms with E-state index in [0.29, 0.717) is 37.1 Å². The molecule has 1 rings (SSSR count). The molecule has 0 amide bonds. The number of pyridine rings is 1. The van der Waals surface area contributed by atoms with E-state index in [2.05, 4.69) is 32.0 Å². The maximum atomic E-state index is 12.5. The third-order valence-corrected chi connectivity index (χ3v) is 5.12. The highest BCUT2D eigenvalue weighted by Gasteiger charge is 2.11. The van der Waals surface area contributed by atoms with E-state index >= 15 is 0 Å². The zero-order chi connectivity index (χ0) is 24.8. The van der Waals surface area contributed by atoms with Gasteiger partial charge in [0, 0.05) is 37.2 Å². The lowest BCUT2D eigenvalue weighted by Gasteiger charge is -2.15. The fraction of sp³-hybridized carbons (Fsp3) is 0.407. The van der Waals surface area contributed by atoms with Gasteiger partial charge >= 0.3 is 0 Å². The van der Waals surface area contributed by atoms with Gasteiger partial charge in [-0.05, 0) is 56.9 Å². The van der Waals surface area contributed by atoms with Crippen LogP contribution in [0, 0.1) is 5.92 Å². The maximum absolute atomic E-state index is 12.5. The molecular weight excluding hydrogens is 416 g/mol. The van der Waals surface area contributed by atoms with Crippen LogP contribution in [-0.4, -0.2) is 37.7 Å². The van der Waals surface area contributed by atoms with Crippen LogP contribution in [0.2, 0.25) is 0 Å². The number of allylic oxidation sites excluding steroid dienone is 6. The van der Waals surface area contributed by atoms with E-state index in [9.17, 15) is 4.79 Å². The van der Waals surface area contributed by atoms with Gasteiger partial charge in [0.25, 0.3) is 5.56 Å². The molecule has 0 saturated heterocycles. The molecule has 0 radical (unpaired) electrons. The predicted octanol–water partition coefficient (Wildman–Crippen LogP) is 5.54. The van der Waals surface area contributed by atoms with Crippen LogP contribution in [0.15, 0.2) is 82.8 Å². The molecule has 0 spiro atoms. The molecule has 0 N–H and O–H groups in total. The van der Waals surface area contributed by atoms with Crippen molar-refractivity contribution >= 4 is 11.3 Å². The average molecular weight is 455 g/mol. The Morgan fingerprint density at radius 1 is 1.15 bits per heavy atom. The molecule has 0 aliphatic carbocycles. The standard InChI is InChI=1S/C27H38N2O4/c1-9-24(32-8)12-11-21(5)22(6)14-17-33-27(28-20(3)4)25(10-2)23-13-15-29(16-18-31-7)26(30)19-23/h9-13,15,19,22H,1-2,14,16-18H2,3-8H3/b21-11+,24-12+,27-25-. The van der Waals surface area contributed by atoms with E-state index < -0.39 is 0 Å². The van der Waals surface area contributed by atoms with Gasteiger partial charge in [0.2, 0.25) is 5.88 Å². The summed E-state index contributed by atoms with van der Waals surface area (Å²) in [4.78, 5) is 17.1. The van der Waals surface area contributed by atoms with Crippen LogP contribution in [0.4, 0.5) is 0 Å². The molecule has 0 saturated carbocycles. The average Bonchev–Trinajstić information content (AvgIpc) is 2.78. The molecule has 0 aromatic carbocycles. The van der Waals surface area contributed by atoms with Crippen LogP contribution in [0.25, 0.3) is 5.57 Å². The van der Waals surface area contributed by atoms with Crippen LogP contribution in [0.3, 0.4) is 0 Å². The Kier molecular flexibility index (Phi) is 12.6. The Labute approximate surface area is 198 Å². The van der Waals surface area contributed by atoms with Crippen molar-refractivity contribution in [3.8, 4) is 0 Å². The van der Waals surface area contributed by atoms with Gasteiger partial charge < -0.3 is 18.8 Å². The van der Waals surface area contributed by atoms with Gasteiger partial charge in [-0.25, -0.2) is 4.99 Å². The van der Waals surface area contributed by atoms with Gasteiger partial charge in [-0.3, -0.25) is 4.79 Å². The third kappa shape index (κ3) is 9.49. The molecule has 6 nitrogen and oxygen atoms in total. The highest BCUT2D eigenvalue weighted by Crippen LogP contribution is 2.23. The fourth-order valence-corrected chi connectivity index (χ4v) is 2.91. The molecule has 1 heterocycles. The van der Waals surface area contributed by atoms with Crippen LogP contribution in [0.1, 0.15) is 39.7 Å². The summed E-state index contributed by atoms with van der Waals surface area (Å²) in [5.74, 6) is 1.48. The van der Waals surface area contributed by atoms with Crippen LogP contribution < -0.4 is 5.56 Å². The Hall–Kier alpha value is -3.12. The first-order chi connectivity index (χ1) is 15.8. The number of methoxy groups -OCH3 is 2. The Morgan fingerprint density at radius 3 is 2.42 bits per heavy atom. The second-order valence-corrected chi connectivity index (χ2v) is 7.85. The molecule has 1 atom stereocenters. The number of nitrogens with zero attached hydrogens (tertiary/aromatic N) is 2. The molecular formula is C27H38N2O4. The molecule has 0 aliphatic heterocycles. The zero-order valence-corrected chi connectivity index (χ0v) is 20.9. The van der Waals surface area contributed by atoms with Crippen LogP contribution in [0.5, 0.6) is 0 Å². The van der Waals surface area contributed by atoms with Crippen molar-refractivity contribution in [2.45, 2.75) is 40.7 Å². The van der Waals surface area contributed by atoms with E-state index in [1.54, 1.807) is 43.2 Å². The number of hydrogen-bond acceptors (Lipinski definition) is 5. The van der Waals surface area contributed by atoms with Gasteiger partial charge in [-0.2, -0.15) is 0 Å². The quantitative estimate of drug-likeness (QED) is 0.210. The van der Waals surface area contributed by atoms with Crippen molar-refractivity contribution in [3.05, 3.63) is 88.9 Å². The van der Waals surface area contributed by atoms with Crippen molar-refractivity contribution in [3.63, 3.8) is 0 Å². The lowest BCUT2D eigenvalue weighted by molar-refractivity contribution is 0.186. The molecule has 180 valence electrons. The number of aromatic nitrogens is 1. The second-order valence-electron chi connectivity index (χ2n) is 7.85. The zero-order valence-electron chi connectivity index (χ0n) is 20.9. The highest BCUT2D eigenvalue weighted by atomic mass is 16.5. The van der Waals surface area contributed by atoms with E-state index in [-0.39, 0.29) is 5.56 Å². The smallest absolute Gasteiger partial charge is 0.251 e. The van der Waals surface area contributed by atoms with Crippen molar-refractivity contribution < 1.29 is 14.2 Å². The summed E-state index contributed by atoms with van der Waals surface area (Å²) in [6.45, 7) is 17.1. The number of aliphatic imine (C=N–C) groups is 1. The lowest BCUT2D eigenvalue weighted by Crippen LogP contribution is -2.21. The summed E-state index contributed by atoms with van der Waals surface area (Å²) in [5.41, 5.74) is 3.35. The minimum atomic E-state index is -0.113. The van der Waals surface area contributed by atoms with Gasteiger partial charge in [-0.1, -0.05) is 37.8 Å². The molecule has 33 heavy (non-hydrogen) atoms. The maximum Gasteiger partial charge on any atom is 0.251 e. The first-order valence-electron chi connectivity index (χ1n) is 11.0. The van der Waals surface area contributed by atoms with Crippen molar-refractivity contribution in [1.29, 1.82) is 0 Å². The number of rotatable bonds is 14. The first kappa shape index (κ1) is 27.9. The summed E-state index contributed by atoms with van der Waals surface area (Å²) >= 11 is 0. The summed E-state index contributed by atoms with van der Waals surface area (Å²) in [6, 6.07) is 3.44. The summed E-state index contributed by atoms with van der Waals surface area (Å²) in [6.07, 6.45) is 9.84. The molecule has 0 bridgehead atoms. The minimum Gasteiger partial charge on any atom is -0.497 e. The van der Waals surface area contributed by atoms with Gasteiger partial charge in [-0.15, -0.1) is 0 Å². The van der Waals surface area contributed by atoms with Gasteiger partial charge in [0.15, 0.2) is 0 Å². The van der Waals surface area contributed by atoms with E-state index in [1.165, 1.54) is 5.57 Å². The fourth-order valence-electron chi connectivity index (χ4n) is 2.91. The normalized spacial score (nSPS) is 13.6. The second kappa shape index (κ2) is 14.9. The predicted molar refractivity (Wildman–Crippen MR) is 137 cm³/mol. The molecule has 1 unspecified atom stereocenters. The van der Waals surface area contributed by atoms with E-state index in [4.69, 9.17) is 14.2 Å². The first-order valence-corrected chi connectivity index (χ1v) is 11.0. The van der Waals surface area contributed by atoms with E-state index in [0.717, 1.165) is 23.5 Å². The molecule has 6 heteroatoms. The van der Waals surface area contributed by atoms with E-state index in [1.807, 2.05) is 32.1 Å². The summed E-state index contributed by atoms with van der Waals surface area (Å²) in [7, 11) is 3.23. The van der Waals surface area contributed by atoms with Crippen LogP contribution in [-0.2, 0) is 20.8 Å². The van der Waals surface area contributed by atoms with Crippen molar-refractivity contribution in [2.24, 2.45) is 10.9 Å². The molecule has 1 aromatic heterocycles. The number of hydrogen-bond donors (Lipinski definition) is 0. The Balaban J connectivity index is 3.07. The van der Waals surface area contributed by atoms with Crippen LogP contribution >= 0.6 is 0 Å². The summed E-state index contributed by atoms with van der Waals surface area (Å²) in [5, 5.41) is 0. The highest BCUT2D eigenvalue weighted by molar-refractivity contribution is 5.83. The topological polar surface area (TPSA) is 62.1 Å². The van der Waals surface area contributed by atoms with Crippen molar-refractivity contribution in [2.75, 3.05) is 27.4 Å². The summed E-state index contributed by atoms with van der Waals surface area (Å²) < 4.78 is 18.0. The Bertz CT molecular complexity index is 976. The van der Waals surface area contributed by atoms with Crippen molar-refractivity contribution in [1.82, 2.24) is 4.57 Å². The monoisotopic (exact) mass is 454 g/mol. The number of ether oxygens (including phenoxy) is 3. The lowest BCUT2D eigenvalue weighted by atomic mass is 9.99. The third-order valence-electron chi connectivity index (χ3n) is 5.12. The minimum absolute atomic E-state index is 0.113. The molecule has 1 aromatic rings.